The molecule has 0 aromatic carbocycles. The third-order valence-corrected chi connectivity index (χ3v) is 3.03. The molecule has 0 saturated carbocycles. The monoisotopic (exact) mass is 249 g/mol. The molecule has 0 aliphatic rings. The SMILES string of the molecule is CCNC(Cn1nc2cnccn2c1=O)C(C)C. The lowest BCUT2D eigenvalue weighted by atomic mass is 10.0. The molecule has 1 atom stereocenters. The number of nitrogens with one attached hydrogen (secondary N) is 1. The topological polar surface area (TPSA) is 64.2 Å². The van der Waals surface area contributed by atoms with Gasteiger partial charge in [-0.1, -0.05) is 20.8 Å². The first kappa shape index (κ1) is 12.8. The van der Waals surface area contributed by atoms with E-state index in [4.69, 9.17) is 0 Å². The third-order valence-electron chi connectivity index (χ3n) is 3.03. The number of nitrogens with zero attached hydrogens (tertiary/aromatic N) is 4. The van der Waals surface area contributed by atoms with Crippen molar-refractivity contribution in [2.45, 2.75) is 33.4 Å². The van der Waals surface area contributed by atoms with E-state index in [1.807, 2.05) is 0 Å². The Morgan fingerprint density at radius 1 is 1.44 bits per heavy atom. The lowest BCUT2D eigenvalue weighted by molar-refractivity contribution is 0.344. The number of rotatable bonds is 5. The molecule has 0 saturated heterocycles. The van der Waals surface area contributed by atoms with Gasteiger partial charge < -0.3 is 5.32 Å². The Morgan fingerprint density at radius 3 is 2.83 bits per heavy atom. The molecule has 0 aliphatic heterocycles. The first-order chi connectivity index (χ1) is 8.63. The Labute approximate surface area is 106 Å². The van der Waals surface area contributed by atoms with E-state index in [9.17, 15) is 4.79 Å². The van der Waals surface area contributed by atoms with Gasteiger partial charge in [-0.15, -0.1) is 5.10 Å². The van der Waals surface area contributed by atoms with Gasteiger partial charge in [-0.25, -0.2) is 13.9 Å². The largest absolute Gasteiger partial charge is 0.350 e. The van der Waals surface area contributed by atoms with Crippen LogP contribution in [0.2, 0.25) is 0 Å². The highest BCUT2D eigenvalue weighted by molar-refractivity contribution is 5.31. The average molecular weight is 249 g/mol. The van der Waals surface area contributed by atoms with Crippen LogP contribution in [0.3, 0.4) is 0 Å². The summed E-state index contributed by atoms with van der Waals surface area (Å²) in [6.45, 7) is 7.79. The second-order valence-electron chi connectivity index (χ2n) is 4.68. The molecular weight excluding hydrogens is 230 g/mol. The van der Waals surface area contributed by atoms with Gasteiger partial charge in [0.1, 0.15) is 0 Å². The molecule has 0 fully saturated rings. The molecule has 2 heterocycles. The minimum Gasteiger partial charge on any atom is -0.312 e. The maximum atomic E-state index is 12.1. The van der Waals surface area contributed by atoms with Crippen molar-refractivity contribution in [3.63, 3.8) is 0 Å². The lowest BCUT2D eigenvalue weighted by Crippen LogP contribution is -2.40. The van der Waals surface area contributed by atoms with Crippen LogP contribution in [-0.2, 0) is 6.54 Å². The molecule has 2 aromatic rings. The van der Waals surface area contributed by atoms with Crippen molar-refractivity contribution in [2.24, 2.45) is 5.92 Å². The van der Waals surface area contributed by atoms with E-state index in [0.29, 0.717) is 18.1 Å². The maximum Gasteiger partial charge on any atom is 0.350 e. The first-order valence-corrected chi connectivity index (χ1v) is 6.26. The van der Waals surface area contributed by atoms with Crippen LogP contribution >= 0.6 is 0 Å². The summed E-state index contributed by atoms with van der Waals surface area (Å²) < 4.78 is 3.01. The molecule has 18 heavy (non-hydrogen) atoms. The van der Waals surface area contributed by atoms with Gasteiger partial charge >= 0.3 is 5.69 Å². The van der Waals surface area contributed by atoms with Crippen LogP contribution in [0.1, 0.15) is 20.8 Å². The quantitative estimate of drug-likeness (QED) is 0.839. The summed E-state index contributed by atoms with van der Waals surface area (Å²) in [5.41, 5.74) is 0.470. The van der Waals surface area contributed by atoms with E-state index >= 15 is 0 Å². The fourth-order valence-corrected chi connectivity index (χ4v) is 1.96. The molecule has 0 radical (unpaired) electrons. The van der Waals surface area contributed by atoms with Crippen molar-refractivity contribution in [3.8, 4) is 0 Å². The number of hydrogen-bond donors (Lipinski definition) is 1. The Hall–Kier alpha value is -1.69. The second-order valence-corrected chi connectivity index (χ2v) is 4.68. The number of likely N-dealkylation sites (N-methyl/N-ethyl adjacent to an activating group) is 1. The van der Waals surface area contributed by atoms with Crippen LogP contribution in [-0.4, -0.2) is 31.8 Å². The molecule has 1 N–H and O–H groups in total. The van der Waals surface area contributed by atoms with Gasteiger partial charge in [0.25, 0.3) is 0 Å². The minimum absolute atomic E-state index is 0.115. The standard InChI is InChI=1S/C12H19N5O/c1-4-14-10(9(2)3)8-17-12(18)16-6-5-13-7-11(16)15-17/h5-7,9-10,14H,4,8H2,1-3H3. The van der Waals surface area contributed by atoms with Crippen LogP contribution in [0.4, 0.5) is 0 Å². The summed E-state index contributed by atoms with van der Waals surface area (Å²) in [5.74, 6) is 0.444. The zero-order valence-corrected chi connectivity index (χ0v) is 11.0. The van der Waals surface area contributed by atoms with Crippen LogP contribution in [0, 0.1) is 5.92 Å². The molecule has 98 valence electrons. The van der Waals surface area contributed by atoms with Crippen molar-refractivity contribution in [1.82, 2.24) is 24.5 Å². The van der Waals surface area contributed by atoms with Crippen LogP contribution < -0.4 is 11.0 Å². The van der Waals surface area contributed by atoms with E-state index in [2.05, 4.69) is 36.2 Å². The minimum atomic E-state index is -0.115. The van der Waals surface area contributed by atoms with Gasteiger partial charge in [0.15, 0.2) is 5.65 Å². The highest BCUT2D eigenvalue weighted by Crippen LogP contribution is 2.03. The third kappa shape index (κ3) is 2.43. The smallest absolute Gasteiger partial charge is 0.312 e. The number of hydrogen-bond acceptors (Lipinski definition) is 4. The predicted octanol–water partition coefficient (Wildman–Crippen LogP) is 0.525. The Bertz CT molecular complexity index is 571. The van der Waals surface area contributed by atoms with Crippen molar-refractivity contribution in [2.75, 3.05) is 6.54 Å². The zero-order valence-electron chi connectivity index (χ0n) is 11.0. The zero-order chi connectivity index (χ0) is 13.1. The summed E-state index contributed by atoms with van der Waals surface area (Å²) in [7, 11) is 0. The summed E-state index contributed by atoms with van der Waals surface area (Å²) in [5, 5.41) is 7.66. The van der Waals surface area contributed by atoms with Gasteiger partial charge in [0.05, 0.1) is 12.7 Å². The molecule has 0 aliphatic carbocycles. The normalized spacial score (nSPS) is 13.3. The summed E-state index contributed by atoms with van der Waals surface area (Å²) in [4.78, 5) is 16.1. The van der Waals surface area contributed by atoms with Gasteiger partial charge in [-0.2, -0.15) is 0 Å². The van der Waals surface area contributed by atoms with Crippen molar-refractivity contribution in [3.05, 3.63) is 29.1 Å². The number of fused-ring (bicyclic) bond motifs is 1. The Kier molecular flexibility index (Phi) is 3.76. The van der Waals surface area contributed by atoms with Gasteiger partial charge in [-0.05, 0) is 12.5 Å². The lowest BCUT2D eigenvalue weighted by Gasteiger charge is -2.20. The van der Waals surface area contributed by atoms with E-state index in [0.717, 1.165) is 6.54 Å². The maximum absolute atomic E-state index is 12.1. The highest BCUT2D eigenvalue weighted by atomic mass is 16.2. The second kappa shape index (κ2) is 5.30. The summed E-state index contributed by atoms with van der Waals surface area (Å²) in [6, 6.07) is 0.241. The van der Waals surface area contributed by atoms with Gasteiger partial charge in [0, 0.05) is 18.4 Å². The first-order valence-electron chi connectivity index (χ1n) is 6.26. The van der Waals surface area contributed by atoms with Crippen LogP contribution in [0.25, 0.3) is 5.65 Å². The van der Waals surface area contributed by atoms with Gasteiger partial charge in [0.2, 0.25) is 0 Å². The molecule has 2 aromatic heterocycles. The molecule has 6 heteroatoms. The molecule has 0 amide bonds. The molecular formula is C12H19N5O. The summed E-state index contributed by atoms with van der Waals surface area (Å²) in [6.07, 6.45) is 4.82. The van der Waals surface area contributed by atoms with E-state index < -0.39 is 0 Å². The molecule has 6 nitrogen and oxygen atoms in total. The van der Waals surface area contributed by atoms with E-state index in [1.165, 1.54) is 9.08 Å². The fraction of sp³-hybridized carbons (Fsp3) is 0.583. The van der Waals surface area contributed by atoms with Crippen LogP contribution in [0.5, 0.6) is 0 Å². The van der Waals surface area contributed by atoms with Crippen LogP contribution in [0.15, 0.2) is 23.4 Å². The molecule has 0 spiro atoms. The Morgan fingerprint density at radius 2 is 2.22 bits per heavy atom. The summed E-state index contributed by atoms with van der Waals surface area (Å²) >= 11 is 0. The van der Waals surface area contributed by atoms with E-state index in [-0.39, 0.29) is 11.7 Å². The van der Waals surface area contributed by atoms with Crippen molar-refractivity contribution >= 4 is 5.65 Å². The molecule has 2 rings (SSSR count). The number of aromatic nitrogens is 4. The predicted molar refractivity (Wildman–Crippen MR) is 69.5 cm³/mol. The molecule has 0 bridgehead atoms. The van der Waals surface area contributed by atoms with Gasteiger partial charge in [-0.3, -0.25) is 4.98 Å². The Balaban J connectivity index is 2.31. The highest BCUT2D eigenvalue weighted by Gasteiger charge is 2.15. The van der Waals surface area contributed by atoms with E-state index in [1.54, 1.807) is 18.6 Å². The van der Waals surface area contributed by atoms with Crippen molar-refractivity contribution < 1.29 is 0 Å². The average Bonchev–Trinajstić information content (AvgIpc) is 2.66. The fourth-order valence-electron chi connectivity index (χ4n) is 1.96. The van der Waals surface area contributed by atoms with Crippen molar-refractivity contribution in [1.29, 1.82) is 0 Å². The molecule has 1 unspecified atom stereocenters.